The molecule has 0 bridgehead atoms. The van der Waals surface area contributed by atoms with Gasteiger partial charge in [0.05, 0.1) is 10.2 Å². The standard InChI is InChI=1S/C13H21BrFN3O2S/c1-10(2)16-7-4-8-18(3)21(19,20)17-11-5-6-12(14)13(15)9-11/h5-6,9-10,16-17H,4,7-8H2,1-3H3. The van der Waals surface area contributed by atoms with Gasteiger partial charge in [-0.2, -0.15) is 12.7 Å². The molecule has 0 aliphatic carbocycles. The normalized spacial score (nSPS) is 12.1. The van der Waals surface area contributed by atoms with Crippen molar-refractivity contribution in [2.24, 2.45) is 0 Å². The summed E-state index contributed by atoms with van der Waals surface area (Å²) in [6, 6.07) is 4.46. The van der Waals surface area contributed by atoms with Crippen LogP contribution in [0.4, 0.5) is 10.1 Å². The second-order valence-corrected chi connectivity index (χ2v) is 7.65. The van der Waals surface area contributed by atoms with Crippen LogP contribution in [0, 0.1) is 5.82 Å². The maximum Gasteiger partial charge on any atom is 0.301 e. The Bertz CT molecular complexity index is 567. The van der Waals surface area contributed by atoms with Crippen molar-refractivity contribution in [1.29, 1.82) is 0 Å². The average Bonchev–Trinajstić information content (AvgIpc) is 2.38. The van der Waals surface area contributed by atoms with Crippen LogP contribution in [0.15, 0.2) is 22.7 Å². The third-order valence-electron chi connectivity index (χ3n) is 2.78. The van der Waals surface area contributed by atoms with Crippen molar-refractivity contribution >= 4 is 31.8 Å². The molecule has 0 spiro atoms. The Kier molecular flexibility index (Phi) is 7.05. The van der Waals surface area contributed by atoms with Gasteiger partial charge in [-0.1, -0.05) is 13.8 Å². The Labute approximate surface area is 134 Å². The summed E-state index contributed by atoms with van der Waals surface area (Å²) in [7, 11) is -2.18. The van der Waals surface area contributed by atoms with Crippen molar-refractivity contribution in [3.05, 3.63) is 28.5 Å². The molecule has 1 aromatic carbocycles. The summed E-state index contributed by atoms with van der Waals surface area (Å²) in [5, 5.41) is 3.22. The van der Waals surface area contributed by atoms with Crippen molar-refractivity contribution in [3.63, 3.8) is 0 Å². The van der Waals surface area contributed by atoms with Gasteiger partial charge in [0.25, 0.3) is 0 Å². The highest BCUT2D eigenvalue weighted by molar-refractivity contribution is 9.10. The number of hydrogen-bond acceptors (Lipinski definition) is 3. The minimum atomic E-state index is -3.67. The average molecular weight is 382 g/mol. The second-order valence-electron chi connectivity index (χ2n) is 5.02. The number of nitrogens with one attached hydrogen (secondary N) is 2. The summed E-state index contributed by atoms with van der Waals surface area (Å²) >= 11 is 3.02. The maximum absolute atomic E-state index is 13.4. The Morgan fingerprint density at radius 2 is 2.05 bits per heavy atom. The molecule has 0 radical (unpaired) electrons. The first-order chi connectivity index (χ1) is 9.72. The molecule has 120 valence electrons. The first kappa shape index (κ1) is 18.3. The van der Waals surface area contributed by atoms with Crippen molar-refractivity contribution in [3.8, 4) is 0 Å². The first-order valence-corrected chi connectivity index (χ1v) is 8.88. The molecule has 0 saturated heterocycles. The largest absolute Gasteiger partial charge is 0.314 e. The first-order valence-electron chi connectivity index (χ1n) is 6.65. The van der Waals surface area contributed by atoms with E-state index in [1.54, 1.807) is 0 Å². The fourth-order valence-electron chi connectivity index (χ4n) is 1.60. The maximum atomic E-state index is 13.4. The lowest BCUT2D eigenvalue weighted by molar-refractivity contribution is 0.451. The zero-order chi connectivity index (χ0) is 16.0. The van der Waals surface area contributed by atoms with E-state index in [0.29, 0.717) is 23.5 Å². The monoisotopic (exact) mass is 381 g/mol. The molecule has 0 aliphatic rings. The molecule has 8 heteroatoms. The number of hydrogen-bond donors (Lipinski definition) is 2. The molecule has 1 rings (SSSR count). The molecule has 0 amide bonds. The minimum absolute atomic E-state index is 0.197. The van der Waals surface area contributed by atoms with Crippen LogP contribution in [-0.4, -0.2) is 38.9 Å². The van der Waals surface area contributed by atoms with Gasteiger partial charge in [0.2, 0.25) is 0 Å². The Hall–Kier alpha value is -0.700. The van der Waals surface area contributed by atoms with E-state index in [1.165, 1.54) is 23.5 Å². The predicted octanol–water partition coefficient (Wildman–Crippen LogP) is 2.56. The predicted molar refractivity (Wildman–Crippen MR) is 87.0 cm³/mol. The van der Waals surface area contributed by atoms with Gasteiger partial charge < -0.3 is 5.32 Å². The number of halogens is 2. The minimum Gasteiger partial charge on any atom is -0.314 e. The van der Waals surface area contributed by atoms with Gasteiger partial charge >= 0.3 is 10.2 Å². The molecule has 0 atom stereocenters. The van der Waals surface area contributed by atoms with Gasteiger partial charge in [0.15, 0.2) is 0 Å². The van der Waals surface area contributed by atoms with Crippen molar-refractivity contribution < 1.29 is 12.8 Å². The molecule has 0 fully saturated rings. The van der Waals surface area contributed by atoms with Crippen LogP contribution >= 0.6 is 15.9 Å². The number of benzene rings is 1. The van der Waals surface area contributed by atoms with Crippen molar-refractivity contribution in [2.75, 3.05) is 24.9 Å². The van der Waals surface area contributed by atoms with Gasteiger partial charge in [-0.3, -0.25) is 4.72 Å². The van der Waals surface area contributed by atoms with Gasteiger partial charge in [-0.05, 0) is 47.1 Å². The van der Waals surface area contributed by atoms with Crippen LogP contribution in [0.3, 0.4) is 0 Å². The number of nitrogens with zero attached hydrogens (tertiary/aromatic N) is 1. The molecule has 1 aromatic rings. The van der Waals surface area contributed by atoms with E-state index in [2.05, 4.69) is 26.0 Å². The third kappa shape index (κ3) is 6.29. The van der Waals surface area contributed by atoms with Gasteiger partial charge in [-0.15, -0.1) is 0 Å². The lowest BCUT2D eigenvalue weighted by Crippen LogP contribution is -2.35. The van der Waals surface area contributed by atoms with E-state index in [1.807, 2.05) is 13.8 Å². The molecule has 0 saturated carbocycles. The molecule has 0 aromatic heterocycles. The fraction of sp³-hybridized carbons (Fsp3) is 0.538. The second kappa shape index (κ2) is 8.07. The highest BCUT2D eigenvalue weighted by Gasteiger charge is 2.17. The molecular weight excluding hydrogens is 361 g/mol. The summed E-state index contributed by atoms with van der Waals surface area (Å²) in [6.07, 6.45) is 0.699. The van der Waals surface area contributed by atoms with Gasteiger partial charge in [0, 0.05) is 19.6 Å². The highest BCUT2D eigenvalue weighted by Crippen LogP contribution is 2.20. The molecule has 5 nitrogen and oxygen atoms in total. The molecular formula is C13H21BrFN3O2S. The van der Waals surface area contributed by atoms with E-state index in [4.69, 9.17) is 0 Å². The smallest absolute Gasteiger partial charge is 0.301 e. The van der Waals surface area contributed by atoms with E-state index < -0.39 is 16.0 Å². The molecule has 0 aliphatic heterocycles. The van der Waals surface area contributed by atoms with Crippen molar-refractivity contribution in [1.82, 2.24) is 9.62 Å². The summed E-state index contributed by atoms with van der Waals surface area (Å²) in [6.45, 7) is 5.19. The lowest BCUT2D eigenvalue weighted by Gasteiger charge is -2.19. The Morgan fingerprint density at radius 3 is 2.62 bits per heavy atom. The Morgan fingerprint density at radius 1 is 1.38 bits per heavy atom. The van der Waals surface area contributed by atoms with E-state index >= 15 is 0 Å². The van der Waals surface area contributed by atoms with Crippen LogP contribution in [0.25, 0.3) is 0 Å². The van der Waals surface area contributed by atoms with E-state index in [-0.39, 0.29) is 5.69 Å². The van der Waals surface area contributed by atoms with E-state index in [0.717, 1.165) is 12.6 Å². The highest BCUT2D eigenvalue weighted by atomic mass is 79.9. The third-order valence-corrected chi connectivity index (χ3v) is 4.92. The van der Waals surface area contributed by atoms with Gasteiger partial charge in [0.1, 0.15) is 5.82 Å². The van der Waals surface area contributed by atoms with Crippen molar-refractivity contribution in [2.45, 2.75) is 26.3 Å². The van der Waals surface area contributed by atoms with Crippen LogP contribution in [0.2, 0.25) is 0 Å². The molecule has 0 heterocycles. The topological polar surface area (TPSA) is 61.4 Å². The molecule has 21 heavy (non-hydrogen) atoms. The SMILES string of the molecule is CC(C)NCCCN(C)S(=O)(=O)Nc1ccc(Br)c(F)c1. The molecule has 2 N–H and O–H groups in total. The molecule has 0 unspecified atom stereocenters. The van der Waals surface area contributed by atoms with Crippen LogP contribution in [-0.2, 0) is 10.2 Å². The fourth-order valence-corrected chi connectivity index (χ4v) is 2.80. The quantitative estimate of drug-likeness (QED) is 0.680. The zero-order valence-corrected chi connectivity index (χ0v) is 14.8. The zero-order valence-electron chi connectivity index (χ0n) is 12.4. The Balaban J connectivity index is 2.57. The summed E-state index contributed by atoms with van der Waals surface area (Å²) < 4.78 is 41.4. The number of rotatable bonds is 8. The van der Waals surface area contributed by atoms with Crippen LogP contribution in [0.1, 0.15) is 20.3 Å². The lowest BCUT2D eigenvalue weighted by atomic mass is 10.3. The van der Waals surface area contributed by atoms with Crippen LogP contribution in [0.5, 0.6) is 0 Å². The summed E-state index contributed by atoms with van der Waals surface area (Å²) in [5.41, 5.74) is 0.197. The number of anilines is 1. The van der Waals surface area contributed by atoms with Gasteiger partial charge in [-0.25, -0.2) is 4.39 Å². The van der Waals surface area contributed by atoms with Crippen LogP contribution < -0.4 is 10.0 Å². The summed E-state index contributed by atoms with van der Waals surface area (Å²) in [5.74, 6) is -0.515. The summed E-state index contributed by atoms with van der Waals surface area (Å²) in [4.78, 5) is 0. The van der Waals surface area contributed by atoms with E-state index in [9.17, 15) is 12.8 Å².